The molecule has 0 fully saturated rings. The maximum Gasteiger partial charge on any atom is 0.244 e. The van der Waals surface area contributed by atoms with Crippen LogP contribution in [0, 0.1) is 5.82 Å². The second kappa shape index (κ2) is 9.16. The van der Waals surface area contributed by atoms with Gasteiger partial charge in [0.05, 0.1) is 18.0 Å². The molecular weight excluding hydrogens is 403 g/mol. The molecule has 7 heteroatoms. The first-order chi connectivity index (χ1) is 14.2. The molecule has 5 nitrogen and oxygen atoms in total. The van der Waals surface area contributed by atoms with E-state index >= 15 is 0 Å². The lowest BCUT2D eigenvalue weighted by molar-refractivity contribution is -0.122. The number of nitrogens with zero attached hydrogens (tertiary/aromatic N) is 1. The van der Waals surface area contributed by atoms with Crippen LogP contribution >= 0.6 is 0 Å². The minimum atomic E-state index is -3.79. The van der Waals surface area contributed by atoms with E-state index < -0.39 is 27.8 Å². The summed E-state index contributed by atoms with van der Waals surface area (Å²) in [5.41, 5.74) is 3.85. The van der Waals surface area contributed by atoms with Gasteiger partial charge in [0, 0.05) is 0 Å². The normalized spacial score (nSPS) is 15.7. The van der Waals surface area contributed by atoms with Crippen LogP contribution in [0.5, 0.6) is 0 Å². The Bertz CT molecular complexity index is 1020. The Morgan fingerprint density at radius 1 is 1.13 bits per heavy atom. The predicted octanol–water partition coefficient (Wildman–Crippen LogP) is 4.13. The largest absolute Gasteiger partial charge is 0.347 e. The number of carbonyl (C=O) groups excluding carboxylic acids is 1. The predicted molar refractivity (Wildman–Crippen MR) is 117 cm³/mol. The van der Waals surface area contributed by atoms with E-state index in [0.29, 0.717) is 6.42 Å². The van der Waals surface area contributed by atoms with Crippen LogP contribution in [-0.4, -0.2) is 26.6 Å². The lowest BCUT2D eigenvalue weighted by atomic mass is 9.88. The number of hydrogen-bond donors (Lipinski definition) is 1. The Morgan fingerprint density at radius 3 is 2.47 bits per heavy atom. The van der Waals surface area contributed by atoms with Gasteiger partial charge in [0.15, 0.2) is 0 Å². The third kappa shape index (κ3) is 5.01. The summed E-state index contributed by atoms with van der Waals surface area (Å²) >= 11 is 0. The van der Waals surface area contributed by atoms with Crippen LogP contribution in [-0.2, 0) is 27.7 Å². The molecule has 0 saturated carbocycles. The Kier molecular flexibility index (Phi) is 6.81. The summed E-state index contributed by atoms with van der Waals surface area (Å²) in [7, 11) is -3.79. The molecule has 0 radical (unpaired) electrons. The quantitative estimate of drug-likeness (QED) is 0.716. The first kappa shape index (κ1) is 22.3. The van der Waals surface area contributed by atoms with Crippen molar-refractivity contribution in [2.75, 3.05) is 10.6 Å². The van der Waals surface area contributed by atoms with Crippen molar-refractivity contribution >= 4 is 21.6 Å². The number of halogens is 1. The molecule has 0 bridgehead atoms. The highest BCUT2D eigenvalue weighted by Crippen LogP contribution is 2.27. The summed E-state index contributed by atoms with van der Waals surface area (Å²) in [6.07, 6.45) is 6.21. The van der Waals surface area contributed by atoms with E-state index in [9.17, 15) is 17.6 Å². The number of fused-ring (bicyclic) bond motifs is 1. The summed E-state index contributed by atoms with van der Waals surface area (Å²) < 4.78 is 39.4. The van der Waals surface area contributed by atoms with E-state index in [1.807, 2.05) is 13.0 Å². The molecule has 1 aliphatic rings. The van der Waals surface area contributed by atoms with Gasteiger partial charge in [0.2, 0.25) is 15.9 Å². The number of amides is 1. The lowest BCUT2D eigenvalue weighted by Gasteiger charge is -2.30. The van der Waals surface area contributed by atoms with E-state index in [2.05, 4.69) is 17.4 Å². The number of benzene rings is 2. The highest BCUT2D eigenvalue weighted by atomic mass is 32.2. The molecule has 2 aromatic rings. The zero-order valence-corrected chi connectivity index (χ0v) is 18.5. The number of rotatable bonds is 7. The van der Waals surface area contributed by atoms with Crippen LogP contribution in [0.3, 0.4) is 0 Å². The number of sulfonamides is 1. The zero-order valence-electron chi connectivity index (χ0n) is 17.7. The molecule has 0 unspecified atom stereocenters. The van der Waals surface area contributed by atoms with Crippen molar-refractivity contribution in [1.29, 1.82) is 0 Å². The van der Waals surface area contributed by atoms with Crippen LogP contribution < -0.4 is 9.62 Å². The van der Waals surface area contributed by atoms with Crippen molar-refractivity contribution in [3.63, 3.8) is 0 Å². The zero-order chi connectivity index (χ0) is 21.9. The molecule has 30 heavy (non-hydrogen) atoms. The smallest absolute Gasteiger partial charge is 0.244 e. The Balaban J connectivity index is 1.83. The number of nitrogens with one attached hydrogen (secondary N) is 1. The average molecular weight is 433 g/mol. The van der Waals surface area contributed by atoms with Crippen LogP contribution in [0.25, 0.3) is 0 Å². The monoisotopic (exact) mass is 432 g/mol. The minimum Gasteiger partial charge on any atom is -0.347 e. The number of anilines is 1. The van der Waals surface area contributed by atoms with Crippen LogP contribution in [0.2, 0.25) is 0 Å². The van der Waals surface area contributed by atoms with Gasteiger partial charge in [-0.3, -0.25) is 9.10 Å². The number of hydrogen-bond acceptors (Lipinski definition) is 3. The molecule has 0 saturated heterocycles. The molecule has 0 heterocycles. The second-order valence-corrected chi connectivity index (χ2v) is 9.78. The van der Waals surface area contributed by atoms with Crippen molar-refractivity contribution < 1.29 is 17.6 Å². The fourth-order valence-corrected chi connectivity index (χ4v) is 5.27. The summed E-state index contributed by atoms with van der Waals surface area (Å²) in [5, 5.41) is 2.99. The van der Waals surface area contributed by atoms with Crippen molar-refractivity contribution in [2.24, 2.45) is 0 Å². The van der Waals surface area contributed by atoms with E-state index in [0.717, 1.165) is 35.0 Å². The van der Waals surface area contributed by atoms with Gasteiger partial charge in [-0.1, -0.05) is 31.2 Å². The van der Waals surface area contributed by atoms with Crippen molar-refractivity contribution in [1.82, 2.24) is 5.32 Å². The summed E-state index contributed by atoms with van der Waals surface area (Å²) in [6.45, 7) is 3.50. The SMILES string of the molecule is CC[C@@H](NC(=O)[C@@H](C)N(c1cccc(F)c1)S(C)(=O)=O)c1ccc2c(c1)CCCC2. The van der Waals surface area contributed by atoms with Crippen LogP contribution in [0.15, 0.2) is 42.5 Å². The maximum absolute atomic E-state index is 13.7. The molecule has 1 amide bonds. The molecule has 3 rings (SSSR count). The fourth-order valence-electron chi connectivity index (χ4n) is 4.11. The standard InChI is InChI=1S/C23H29FN2O3S/c1-4-22(19-13-12-17-8-5-6-9-18(17)14-19)25-23(27)16(2)26(30(3,28)29)21-11-7-10-20(24)15-21/h7,10-16,22H,4-6,8-9H2,1-3H3,(H,25,27)/t16-,22-/m1/s1. The van der Waals surface area contributed by atoms with E-state index in [1.165, 1.54) is 49.1 Å². The van der Waals surface area contributed by atoms with Gasteiger partial charge in [0.25, 0.3) is 0 Å². The summed E-state index contributed by atoms with van der Waals surface area (Å²) in [6, 6.07) is 10.4. The Hall–Kier alpha value is -2.41. The first-order valence-electron chi connectivity index (χ1n) is 10.4. The molecule has 0 spiro atoms. The Morgan fingerprint density at radius 2 is 1.83 bits per heavy atom. The van der Waals surface area contributed by atoms with Crippen LogP contribution in [0.4, 0.5) is 10.1 Å². The molecule has 162 valence electrons. The molecule has 0 aromatic heterocycles. The second-order valence-electron chi connectivity index (χ2n) is 7.92. The van der Waals surface area contributed by atoms with Gasteiger partial charge in [-0.05, 0) is 73.9 Å². The van der Waals surface area contributed by atoms with Crippen molar-refractivity contribution in [3.8, 4) is 0 Å². The molecule has 1 aliphatic carbocycles. The van der Waals surface area contributed by atoms with Gasteiger partial charge in [0.1, 0.15) is 11.9 Å². The molecular formula is C23H29FN2O3S. The average Bonchev–Trinajstić information content (AvgIpc) is 2.70. The first-order valence-corrected chi connectivity index (χ1v) is 12.2. The fraction of sp³-hybridized carbons (Fsp3) is 0.435. The molecule has 2 atom stereocenters. The van der Waals surface area contributed by atoms with Crippen molar-refractivity contribution in [3.05, 3.63) is 65.0 Å². The van der Waals surface area contributed by atoms with Gasteiger partial charge in [-0.25, -0.2) is 12.8 Å². The minimum absolute atomic E-state index is 0.127. The highest BCUT2D eigenvalue weighted by Gasteiger charge is 2.30. The molecule has 0 aliphatic heterocycles. The van der Waals surface area contributed by atoms with E-state index in [-0.39, 0.29) is 11.7 Å². The third-order valence-electron chi connectivity index (χ3n) is 5.65. The Labute approximate surface area is 178 Å². The van der Waals surface area contributed by atoms with Crippen molar-refractivity contribution in [2.45, 2.75) is 58.0 Å². The highest BCUT2D eigenvalue weighted by molar-refractivity contribution is 7.92. The third-order valence-corrected chi connectivity index (χ3v) is 6.89. The summed E-state index contributed by atoms with van der Waals surface area (Å²) in [4.78, 5) is 13.0. The van der Waals surface area contributed by atoms with Gasteiger partial charge < -0.3 is 5.32 Å². The van der Waals surface area contributed by atoms with Gasteiger partial charge >= 0.3 is 0 Å². The van der Waals surface area contributed by atoms with Gasteiger partial charge in [-0.15, -0.1) is 0 Å². The van der Waals surface area contributed by atoms with E-state index in [4.69, 9.17) is 0 Å². The number of aryl methyl sites for hydroxylation is 2. The topological polar surface area (TPSA) is 66.5 Å². The molecule has 1 N–H and O–H groups in total. The van der Waals surface area contributed by atoms with Gasteiger partial charge in [-0.2, -0.15) is 0 Å². The summed E-state index contributed by atoms with van der Waals surface area (Å²) in [5.74, 6) is -0.983. The van der Waals surface area contributed by atoms with E-state index in [1.54, 1.807) is 0 Å². The maximum atomic E-state index is 13.7. The lowest BCUT2D eigenvalue weighted by Crippen LogP contribution is -2.48. The van der Waals surface area contributed by atoms with Crippen LogP contribution in [0.1, 0.15) is 55.8 Å². The molecule has 2 aromatic carbocycles. The number of carbonyl (C=O) groups is 1.